The van der Waals surface area contributed by atoms with E-state index in [9.17, 15) is 5.11 Å². The molecule has 0 aliphatic rings. The zero-order valence-corrected chi connectivity index (χ0v) is 8.92. The Hall–Kier alpha value is -2.49. The Morgan fingerprint density at radius 1 is 1.00 bits per heavy atom. The number of aromatic hydroxyl groups is 1. The van der Waals surface area contributed by atoms with Crippen LogP contribution in [-0.2, 0) is 0 Å². The van der Waals surface area contributed by atoms with E-state index in [2.05, 4.69) is 10.3 Å². The summed E-state index contributed by atoms with van der Waals surface area (Å²) in [6.45, 7) is 0. The van der Waals surface area contributed by atoms with Crippen molar-refractivity contribution in [3.8, 4) is 5.75 Å². The number of para-hydroxylation sites is 2. The average Bonchev–Trinajstić information content (AvgIpc) is 2.74. The van der Waals surface area contributed by atoms with E-state index in [1.165, 1.54) is 0 Å². The highest BCUT2D eigenvalue weighted by Crippen LogP contribution is 2.22. The summed E-state index contributed by atoms with van der Waals surface area (Å²) in [6.07, 6.45) is 0. The summed E-state index contributed by atoms with van der Waals surface area (Å²) in [4.78, 5) is 4.29. The quantitative estimate of drug-likeness (QED) is 0.658. The minimum atomic E-state index is 0.230. The highest BCUT2D eigenvalue weighted by Gasteiger charge is 2.04. The van der Waals surface area contributed by atoms with E-state index >= 15 is 0 Å². The second-order valence-corrected chi connectivity index (χ2v) is 3.66. The number of benzene rings is 2. The molecule has 2 aromatic carbocycles. The number of nitrogens with zero attached hydrogens (tertiary/aromatic N) is 1. The van der Waals surface area contributed by atoms with Crippen LogP contribution in [0.5, 0.6) is 5.75 Å². The topological polar surface area (TPSA) is 58.3 Å². The van der Waals surface area contributed by atoms with Crippen LogP contribution < -0.4 is 5.32 Å². The molecule has 3 rings (SSSR count). The lowest BCUT2D eigenvalue weighted by Gasteiger charge is -2.00. The lowest BCUT2D eigenvalue weighted by molar-refractivity contribution is 0.475. The smallest absolute Gasteiger partial charge is 0.300 e. The van der Waals surface area contributed by atoms with Gasteiger partial charge < -0.3 is 14.8 Å². The van der Waals surface area contributed by atoms with Crippen molar-refractivity contribution in [2.75, 3.05) is 5.32 Å². The SMILES string of the molecule is Oc1ccc(Nc2nc3ccccc3o2)cc1. The van der Waals surface area contributed by atoms with Crippen molar-refractivity contribution in [1.29, 1.82) is 0 Å². The first kappa shape index (κ1) is 9.72. The fraction of sp³-hybridized carbons (Fsp3) is 0. The molecular formula is C13H10N2O2. The van der Waals surface area contributed by atoms with Crippen molar-refractivity contribution in [1.82, 2.24) is 4.98 Å². The number of phenolic OH excluding ortho intramolecular Hbond substituents is 1. The zero-order chi connectivity index (χ0) is 11.7. The van der Waals surface area contributed by atoms with Crippen LogP contribution in [0, 0.1) is 0 Å². The van der Waals surface area contributed by atoms with Gasteiger partial charge in [0, 0.05) is 5.69 Å². The van der Waals surface area contributed by atoms with Gasteiger partial charge in [-0.3, -0.25) is 0 Å². The van der Waals surface area contributed by atoms with Gasteiger partial charge in [-0.15, -0.1) is 0 Å². The van der Waals surface area contributed by atoms with Crippen LogP contribution in [0.4, 0.5) is 11.7 Å². The highest BCUT2D eigenvalue weighted by molar-refractivity contribution is 5.75. The van der Waals surface area contributed by atoms with Crippen LogP contribution in [0.15, 0.2) is 52.9 Å². The number of anilines is 2. The molecule has 4 nitrogen and oxygen atoms in total. The molecule has 1 heterocycles. The van der Waals surface area contributed by atoms with E-state index in [1.54, 1.807) is 24.3 Å². The van der Waals surface area contributed by atoms with Gasteiger partial charge in [-0.2, -0.15) is 4.98 Å². The van der Waals surface area contributed by atoms with Gasteiger partial charge in [0.1, 0.15) is 11.3 Å². The Morgan fingerprint density at radius 2 is 1.76 bits per heavy atom. The molecule has 0 aliphatic heterocycles. The minimum Gasteiger partial charge on any atom is -0.508 e. The second-order valence-electron chi connectivity index (χ2n) is 3.66. The van der Waals surface area contributed by atoms with E-state index in [1.807, 2.05) is 24.3 Å². The molecule has 0 spiro atoms. The summed E-state index contributed by atoms with van der Waals surface area (Å²) < 4.78 is 5.52. The van der Waals surface area contributed by atoms with E-state index in [0.717, 1.165) is 16.8 Å². The van der Waals surface area contributed by atoms with E-state index < -0.39 is 0 Å². The summed E-state index contributed by atoms with van der Waals surface area (Å²) in [5.74, 6) is 0.230. The third kappa shape index (κ3) is 1.92. The van der Waals surface area contributed by atoms with Crippen molar-refractivity contribution in [2.24, 2.45) is 0 Å². The molecule has 0 atom stereocenters. The first-order valence-electron chi connectivity index (χ1n) is 5.23. The fourth-order valence-corrected chi connectivity index (χ4v) is 1.59. The Morgan fingerprint density at radius 3 is 2.53 bits per heavy atom. The summed E-state index contributed by atoms with van der Waals surface area (Å²) in [6, 6.07) is 14.7. The highest BCUT2D eigenvalue weighted by atomic mass is 16.4. The van der Waals surface area contributed by atoms with Gasteiger partial charge in [0.05, 0.1) is 0 Å². The molecule has 0 radical (unpaired) electrons. The molecule has 0 fully saturated rings. The minimum absolute atomic E-state index is 0.230. The Labute approximate surface area is 97.5 Å². The molecule has 4 heteroatoms. The summed E-state index contributed by atoms with van der Waals surface area (Å²) in [5, 5.41) is 12.2. The van der Waals surface area contributed by atoms with Gasteiger partial charge in [0.2, 0.25) is 0 Å². The molecule has 0 amide bonds. The molecule has 84 valence electrons. The number of nitrogens with one attached hydrogen (secondary N) is 1. The number of hydrogen-bond donors (Lipinski definition) is 2. The van der Waals surface area contributed by atoms with Crippen molar-refractivity contribution in [3.05, 3.63) is 48.5 Å². The molecule has 0 saturated carbocycles. The van der Waals surface area contributed by atoms with Gasteiger partial charge in [0.15, 0.2) is 5.58 Å². The summed E-state index contributed by atoms with van der Waals surface area (Å²) in [5.41, 5.74) is 2.37. The van der Waals surface area contributed by atoms with E-state index in [-0.39, 0.29) is 5.75 Å². The molecular weight excluding hydrogens is 216 g/mol. The standard InChI is InChI=1S/C13H10N2O2/c16-10-7-5-9(6-8-10)14-13-15-11-3-1-2-4-12(11)17-13/h1-8,16H,(H,14,15). The molecule has 0 bridgehead atoms. The van der Waals surface area contributed by atoms with Crippen LogP contribution >= 0.6 is 0 Å². The van der Waals surface area contributed by atoms with Crippen molar-refractivity contribution < 1.29 is 9.52 Å². The zero-order valence-electron chi connectivity index (χ0n) is 8.92. The lowest BCUT2D eigenvalue weighted by Crippen LogP contribution is -1.88. The van der Waals surface area contributed by atoms with Crippen LogP contribution in [0.3, 0.4) is 0 Å². The Bertz CT molecular complexity index is 611. The number of aromatic nitrogens is 1. The predicted octanol–water partition coefficient (Wildman–Crippen LogP) is 3.28. The number of fused-ring (bicyclic) bond motifs is 1. The molecule has 0 unspecified atom stereocenters. The third-order valence-electron chi connectivity index (χ3n) is 2.41. The average molecular weight is 226 g/mol. The largest absolute Gasteiger partial charge is 0.508 e. The third-order valence-corrected chi connectivity index (χ3v) is 2.41. The number of phenols is 1. The predicted molar refractivity (Wildman–Crippen MR) is 65.4 cm³/mol. The molecule has 3 aromatic rings. The Kier molecular flexibility index (Phi) is 2.19. The van der Waals surface area contributed by atoms with Gasteiger partial charge in [-0.25, -0.2) is 0 Å². The number of hydrogen-bond acceptors (Lipinski definition) is 4. The van der Waals surface area contributed by atoms with Crippen molar-refractivity contribution >= 4 is 22.8 Å². The van der Waals surface area contributed by atoms with Crippen LogP contribution in [0.2, 0.25) is 0 Å². The molecule has 17 heavy (non-hydrogen) atoms. The van der Waals surface area contributed by atoms with Crippen LogP contribution in [0.25, 0.3) is 11.1 Å². The van der Waals surface area contributed by atoms with Gasteiger partial charge >= 0.3 is 0 Å². The lowest BCUT2D eigenvalue weighted by atomic mass is 10.3. The molecule has 0 saturated heterocycles. The van der Waals surface area contributed by atoms with E-state index in [0.29, 0.717) is 6.01 Å². The monoisotopic (exact) mass is 226 g/mol. The van der Waals surface area contributed by atoms with Gasteiger partial charge in [-0.05, 0) is 36.4 Å². The van der Waals surface area contributed by atoms with Crippen molar-refractivity contribution in [2.45, 2.75) is 0 Å². The van der Waals surface area contributed by atoms with Crippen LogP contribution in [0.1, 0.15) is 0 Å². The molecule has 0 aliphatic carbocycles. The summed E-state index contributed by atoms with van der Waals surface area (Å²) >= 11 is 0. The molecule has 1 aromatic heterocycles. The fourth-order valence-electron chi connectivity index (χ4n) is 1.59. The maximum absolute atomic E-state index is 9.17. The Balaban J connectivity index is 1.92. The maximum atomic E-state index is 9.17. The van der Waals surface area contributed by atoms with Gasteiger partial charge in [-0.1, -0.05) is 12.1 Å². The first-order chi connectivity index (χ1) is 8.31. The second kappa shape index (κ2) is 3.83. The summed E-state index contributed by atoms with van der Waals surface area (Å²) in [7, 11) is 0. The van der Waals surface area contributed by atoms with Crippen LogP contribution in [-0.4, -0.2) is 10.1 Å². The van der Waals surface area contributed by atoms with Crippen molar-refractivity contribution in [3.63, 3.8) is 0 Å². The number of oxazole rings is 1. The normalized spacial score (nSPS) is 10.6. The number of rotatable bonds is 2. The van der Waals surface area contributed by atoms with E-state index in [4.69, 9.17) is 4.42 Å². The van der Waals surface area contributed by atoms with Gasteiger partial charge in [0.25, 0.3) is 6.01 Å². The molecule has 2 N–H and O–H groups in total. The maximum Gasteiger partial charge on any atom is 0.300 e. The first-order valence-corrected chi connectivity index (χ1v) is 5.23.